The Morgan fingerprint density at radius 2 is 1.96 bits per heavy atom. The van der Waals surface area contributed by atoms with Crippen molar-refractivity contribution in [3.8, 4) is 0 Å². The molecule has 1 N–H and O–H groups in total. The van der Waals surface area contributed by atoms with Gasteiger partial charge in [-0.25, -0.2) is 14.4 Å². The van der Waals surface area contributed by atoms with Gasteiger partial charge in [0.15, 0.2) is 5.69 Å². The van der Waals surface area contributed by atoms with Crippen LogP contribution < -0.4 is 5.32 Å². The van der Waals surface area contributed by atoms with Crippen LogP contribution in [0.25, 0.3) is 0 Å². The van der Waals surface area contributed by atoms with Gasteiger partial charge in [0.25, 0.3) is 5.91 Å². The van der Waals surface area contributed by atoms with Crippen molar-refractivity contribution in [2.24, 2.45) is 0 Å². The maximum atomic E-state index is 13.4. The van der Waals surface area contributed by atoms with Gasteiger partial charge >= 0.3 is 6.18 Å². The predicted molar refractivity (Wildman–Crippen MR) is 83.4 cm³/mol. The van der Waals surface area contributed by atoms with Gasteiger partial charge in [0, 0.05) is 25.0 Å². The summed E-state index contributed by atoms with van der Waals surface area (Å²) in [5.74, 6) is -1.76. The number of hydrogen-bond donors (Lipinski definition) is 1. The number of rotatable bonds is 3. The predicted octanol–water partition coefficient (Wildman–Crippen LogP) is 2.85. The number of benzene rings is 1. The van der Waals surface area contributed by atoms with E-state index in [1.54, 1.807) is 0 Å². The molecule has 2 heterocycles. The molecule has 1 aromatic heterocycles. The Labute approximate surface area is 145 Å². The number of amides is 1. The summed E-state index contributed by atoms with van der Waals surface area (Å²) in [4.78, 5) is 20.9. The van der Waals surface area contributed by atoms with Crippen molar-refractivity contribution in [3.05, 3.63) is 47.5 Å². The normalized spacial score (nSPS) is 15.0. The first kappa shape index (κ1) is 18.1. The lowest BCUT2D eigenvalue weighted by Gasteiger charge is -2.27. The first-order chi connectivity index (χ1) is 12.3. The van der Waals surface area contributed by atoms with Crippen molar-refractivity contribution in [2.45, 2.75) is 6.18 Å². The summed E-state index contributed by atoms with van der Waals surface area (Å²) in [5.41, 5.74) is -1.79. The molecule has 26 heavy (non-hydrogen) atoms. The lowest BCUT2D eigenvalue weighted by atomic mass is 10.2. The SMILES string of the molecule is O=C(c1cnc(Nc2cccc(F)c2)nc1C(F)(F)F)N1CCOCC1. The van der Waals surface area contributed by atoms with E-state index in [9.17, 15) is 22.4 Å². The number of alkyl halides is 3. The van der Waals surface area contributed by atoms with Gasteiger partial charge in [-0.2, -0.15) is 13.2 Å². The number of nitrogens with one attached hydrogen (secondary N) is 1. The van der Waals surface area contributed by atoms with E-state index in [0.29, 0.717) is 0 Å². The van der Waals surface area contributed by atoms with Gasteiger partial charge in [-0.05, 0) is 18.2 Å². The molecule has 0 spiro atoms. The number of carbonyl (C=O) groups excluding carboxylic acids is 1. The fourth-order valence-electron chi connectivity index (χ4n) is 2.45. The molecule has 0 bridgehead atoms. The number of morpholine rings is 1. The second-order valence-corrected chi connectivity index (χ2v) is 5.49. The van der Waals surface area contributed by atoms with Gasteiger partial charge in [0.1, 0.15) is 5.82 Å². The van der Waals surface area contributed by atoms with Crippen LogP contribution in [0.1, 0.15) is 16.1 Å². The van der Waals surface area contributed by atoms with E-state index in [1.807, 2.05) is 0 Å². The molecule has 1 aliphatic heterocycles. The van der Waals surface area contributed by atoms with Gasteiger partial charge in [-0.1, -0.05) is 6.07 Å². The zero-order valence-electron chi connectivity index (χ0n) is 13.4. The van der Waals surface area contributed by atoms with Crippen LogP contribution in [-0.4, -0.2) is 47.1 Å². The van der Waals surface area contributed by atoms with Gasteiger partial charge in [-0.3, -0.25) is 4.79 Å². The number of halogens is 4. The average molecular weight is 370 g/mol. The van der Waals surface area contributed by atoms with Crippen LogP contribution in [0, 0.1) is 5.82 Å². The molecule has 2 aromatic rings. The number of carbonyl (C=O) groups is 1. The molecule has 1 saturated heterocycles. The van der Waals surface area contributed by atoms with Gasteiger partial charge < -0.3 is 15.0 Å². The summed E-state index contributed by atoms with van der Waals surface area (Å²) in [5, 5.41) is 2.50. The third kappa shape index (κ3) is 4.07. The zero-order chi connectivity index (χ0) is 18.7. The summed E-state index contributed by atoms with van der Waals surface area (Å²) >= 11 is 0. The molecule has 0 saturated carbocycles. The van der Waals surface area contributed by atoms with E-state index in [-0.39, 0.29) is 37.9 Å². The first-order valence-electron chi connectivity index (χ1n) is 7.68. The number of ether oxygens (including phenoxy) is 1. The highest BCUT2D eigenvalue weighted by atomic mass is 19.4. The topological polar surface area (TPSA) is 67.4 Å². The third-order valence-corrected chi connectivity index (χ3v) is 3.67. The molecule has 1 amide bonds. The summed E-state index contributed by atoms with van der Waals surface area (Å²) in [6, 6.07) is 5.12. The lowest BCUT2D eigenvalue weighted by Crippen LogP contribution is -2.41. The van der Waals surface area contributed by atoms with Crippen molar-refractivity contribution in [3.63, 3.8) is 0 Å². The smallest absolute Gasteiger partial charge is 0.378 e. The molecule has 0 radical (unpaired) electrons. The molecular weight excluding hydrogens is 356 g/mol. The maximum absolute atomic E-state index is 13.4. The number of aromatic nitrogens is 2. The monoisotopic (exact) mass is 370 g/mol. The highest BCUT2D eigenvalue weighted by Crippen LogP contribution is 2.32. The minimum absolute atomic E-state index is 0.186. The molecule has 138 valence electrons. The van der Waals surface area contributed by atoms with Crippen LogP contribution in [0.3, 0.4) is 0 Å². The van der Waals surface area contributed by atoms with Gasteiger partial charge in [0.2, 0.25) is 5.95 Å². The minimum atomic E-state index is -4.85. The Balaban J connectivity index is 1.92. The third-order valence-electron chi connectivity index (χ3n) is 3.67. The van der Waals surface area contributed by atoms with E-state index >= 15 is 0 Å². The Morgan fingerprint density at radius 1 is 1.23 bits per heavy atom. The Hall–Kier alpha value is -2.75. The molecule has 0 atom stereocenters. The molecule has 6 nitrogen and oxygen atoms in total. The lowest BCUT2D eigenvalue weighted by molar-refractivity contribution is -0.141. The van der Waals surface area contributed by atoms with E-state index in [0.717, 1.165) is 12.3 Å². The summed E-state index contributed by atoms with van der Waals surface area (Å²) < 4.78 is 58.4. The molecule has 0 unspecified atom stereocenters. The van der Waals surface area contributed by atoms with E-state index in [4.69, 9.17) is 4.74 Å². The first-order valence-corrected chi connectivity index (χ1v) is 7.68. The van der Waals surface area contributed by atoms with Crippen molar-refractivity contribution in [1.29, 1.82) is 0 Å². The quantitative estimate of drug-likeness (QED) is 0.842. The fraction of sp³-hybridized carbons (Fsp3) is 0.312. The number of nitrogens with zero attached hydrogens (tertiary/aromatic N) is 3. The standard InChI is InChI=1S/C16H14F4N4O2/c17-10-2-1-3-11(8-10)22-15-21-9-12(13(23-15)16(18,19)20)14(25)24-4-6-26-7-5-24/h1-3,8-9H,4-7H2,(H,21,22,23). The van der Waals surface area contributed by atoms with Crippen LogP contribution in [0.4, 0.5) is 29.2 Å². The Morgan fingerprint density at radius 3 is 2.62 bits per heavy atom. The molecule has 1 aliphatic rings. The van der Waals surface area contributed by atoms with Gasteiger partial charge in [-0.15, -0.1) is 0 Å². The fourth-order valence-corrected chi connectivity index (χ4v) is 2.45. The maximum Gasteiger partial charge on any atom is 0.434 e. The molecule has 0 aliphatic carbocycles. The molecule has 1 aromatic carbocycles. The van der Waals surface area contributed by atoms with Crippen molar-refractivity contribution in [2.75, 3.05) is 31.6 Å². The van der Waals surface area contributed by atoms with Crippen LogP contribution in [-0.2, 0) is 10.9 Å². The van der Waals surface area contributed by atoms with Crippen molar-refractivity contribution >= 4 is 17.5 Å². The zero-order valence-corrected chi connectivity index (χ0v) is 13.4. The highest BCUT2D eigenvalue weighted by molar-refractivity contribution is 5.95. The number of anilines is 2. The summed E-state index contributed by atoms with van der Waals surface area (Å²) in [6.07, 6.45) is -4.02. The highest BCUT2D eigenvalue weighted by Gasteiger charge is 2.39. The van der Waals surface area contributed by atoms with E-state index in [1.165, 1.54) is 23.1 Å². The van der Waals surface area contributed by atoms with Crippen molar-refractivity contribution < 1.29 is 27.1 Å². The molecule has 1 fully saturated rings. The van der Waals surface area contributed by atoms with Gasteiger partial charge in [0.05, 0.1) is 18.8 Å². The van der Waals surface area contributed by atoms with E-state index in [2.05, 4.69) is 15.3 Å². The number of hydrogen-bond acceptors (Lipinski definition) is 5. The average Bonchev–Trinajstić information content (AvgIpc) is 2.61. The molecular formula is C16H14F4N4O2. The van der Waals surface area contributed by atoms with Crippen LogP contribution in [0.5, 0.6) is 0 Å². The molecule has 10 heteroatoms. The van der Waals surface area contributed by atoms with Crippen LogP contribution >= 0.6 is 0 Å². The summed E-state index contributed by atoms with van der Waals surface area (Å²) in [6.45, 7) is 0.902. The second-order valence-electron chi connectivity index (χ2n) is 5.49. The largest absolute Gasteiger partial charge is 0.434 e. The Bertz CT molecular complexity index is 807. The van der Waals surface area contributed by atoms with Crippen LogP contribution in [0.2, 0.25) is 0 Å². The van der Waals surface area contributed by atoms with E-state index < -0.39 is 29.2 Å². The second kappa shape index (κ2) is 7.24. The Kier molecular flexibility index (Phi) is 5.03. The molecule has 3 rings (SSSR count). The van der Waals surface area contributed by atoms with Crippen LogP contribution in [0.15, 0.2) is 30.5 Å². The minimum Gasteiger partial charge on any atom is -0.378 e. The summed E-state index contributed by atoms with van der Waals surface area (Å²) in [7, 11) is 0. The van der Waals surface area contributed by atoms with Crippen molar-refractivity contribution in [1.82, 2.24) is 14.9 Å².